The number of hydrogen-bond donors (Lipinski definition) is 0. The first kappa shape index (κ1) is 18.7. The van der Waals surface area contributed by atoms with Crippen molar-refractivity contribution in [2.75, 3.05) is 28.6 Å². The van der Waals surface area contributed by atoms with Crippen molar-refractivity contribution in [1.82, 2.24) is 0 Å². The van der Waals surface area contributed by atoms with Crippen molar-refractivity contribution in [1.29, 1.82) is 0 Å². The molecule has 0 saturated carbocycles. The number of amides is 1. The van der Waals surface area contributed by atoms with Crippen LogP contribution in [0, 0.1) is 6.92 Å². The lowest BCUT2D eigenvalue weighted by molar-refractivity contribution is -0.117. The van der Waals surface area contributed by atoms with Gasteiger partial charge in [0.1, 0.15) is 6.54 Å². The first-order chi connectivity index (χ1) is 12.3. The summed E-state index contributed by atoms with van der Waals surface area (Å²) in [4.78, 5) is 14.6. The topological polar surface area (TPSA) is 57.7 Å². The van der Waals surface area contributed by atoms with Crippen molar-refractivity contribution in [3.63, 3.8) is 0 Å². The molecule has 0 N–H and O–H groups in total. The van der Waals surface area contributed by atoms with E-state index in [1.807, 2.05) is 31.2 Å². The molecular weight excluding hydrogens is 372 g/mol. The van der Waals surface area contributed by atoms with Crippen LogP contribution in [-0.4, -0.2) is 33.7 Å². The summed E-state index contributed by atoms with van der Waals surface area (Å²) in [5.41, 5.74) is 3.21. The molecular formula is C19H21ClN2O3S. The van der Waals surface area contributed by atoms with Crippen LogP contribution in [-0.2, 0) is 21.2 Å². The predicted octanol–water partition coefficient (Wildman–Crippen LogP) is 3.39. The van der Waals surface area contributed by atoms with Gasteiger partial charge in [-0.2, -0.15) is 0 Å². The lowest BCUT2D eigenvalue weighted by Crippen LogP contribution is -2.44. The van der Waals surface area contributed by atoms with E-state index >= 15 is 0 Å². The zero-order valence-electron chi connectivity index (χ0n) is 14.8. The van der Waals surface area contributed by atoms with E-state index in [-0.39, 0.29) is 12.5 Å². The maximum absolute atomic E-state index is 12.9. The van der Waals surface area contributed by atoms with E-state index in [1.165, 1.54) is 0 Å². The smallest absolute Gasteiger partial charge is 0.247 e. The third kappa shape index (κ3) is 3.86. The Hall–Kier alpha value is -2.05. The maximum Gasteiger partial charge on any atom is 0.247 e. The quantitative estimate of drug-likeness (QED) is 0.801. The summed E-state index contributed by atoms with van der Waals surface area (Å²) in [6.45, 7) is 2.17. The predicted molar refractivity (Wildman–Crippen MR) is 105 cm³/mol. The van der Waals surface area contributed by atoms with Crippen LogP contribution in [0.25, 0.3) is 0 Å². The van der Waals surface area contributed by atoms with Gasteiger partial charge in [0, 0.05) is 17.3 Å². The van der Waals surface area contributed by atoms with E-state index in [9.17, 15) is 13.2 Å². The molecule has 2 aromatic carbocycles. The summed E-state index contributed by atoms with van der Waals surface area (Å²) in [5.74, 6) is -0.251. The molecule has 0 atom stereocenters. The first-order valence-electron chi connectivity index (χ1n) is 8.39. The highest BCUT2D eigenvalue weighted by atomic mass is 35.5. The molecule has 0 radical (unpaired) electrons. The molecule has 1 aliphatic heterocycles. The zero-order valence-corrected chi connectivity index (χ0v) is 16.3. The van der Waals surface area contributed by atoms with Crippen molar-refractivity contribution < 1.29 is 13.2 Å². The normalized spacial score (nSPS) is 14.0. The summed E-state index contributed by atoms with van der Waals surface area (Å²) in [6.07, 6.45) is 2.87. The summed E-state index contributed by atoms with van der Waals surface area (Å²) >= 11 is 6.14. The second-order valence-electron chi connectivity index (χ2n) is 6.48. The van der Waals surface area contributed by atoms with E-state index in [1.54, 1.807) is 23.1 Å². The zero-order chi connectivity index (χ0) is 18.9. The van der Waals surface area contributed by atoms with Gasteiger partial charge < -0.3 is 4.90 Å². The number of carbonyl (C=O) groups excluding carboxylic acids is 1. The van der Waals surface area contributed by atoms with E-state index in [0.29, 0.717) is 17.3 Å². The van der Waals surface area contributed by atoms with E-state index in [0.717, 1.165) is 40.2 Å². The first-order valence-corrected chi connectivity index (χ1v) is 10.6. The highest BCUT2D eigenvalue weighted by molar-refractivity contribution is 7.92. The molecule has 138 valence electrons. The largest absolute Gasteiger partial charge is 0.311 e. The molecule has 3 rings (SSSR count). The number of fused-ring (bicyclic) bond motifs is 1. The van der Waals surface area contributed by atoms with E-state index in [4.69, 9.17) is 11.6 Å². The van der Waals surface area contributed by atoms with Crippen molar-refractivity contribution in [2.45, 2.75) is 19.8 Å². The molecule has 7 heteroatoms. The molecule has 5 nitrogen and oxygen atoms in total. The molecule has 2 aromatic rings. The van der Waals surface area contributed by atoms with Crippen LogP contribution < -0.4 is 9.21 Å². The standard InChI is InChI=1S/C19H21ClN2O3S/c1-14-9-10-16(12-17(14)20)22(26(2,24)25)13-19(23)21-11-5-7-15-6-3-4-8-18(15)21/h3-4,6,8-10,12H,5,7,11,13H2,1-2H3. The third-order valence-electron chi connectivity index (χ3n) is 4.53. The molecule has 1 amide bonds. The molecule has 0 spiro atoms. The number of sulfonamides is 1. The molecule has 0 aromatic heterocycles. The number of benzene rings is 2. The number of rotatable bonds is 4. The van der Waals surface area contributed by atoms with Crippen LogP contribution in [0.3, 0.4) is 0 Å². The number of hydrogen-bond acceptors (Lipinski definition) is 3. The van der Waals surface area contributed by atoms with Crippen LogP contribution in [0.5, 0.6) is 0 Å². The summed E-state index contributed by atoms with van der Waals surface area (Å²) in [5, 5.41) is 0.465. The van der Waals surface area contributed by atoms with Gasteiger partial charge in [-0.25, -0.2) is 8.42 Å². The monoisotopic (exact) mass is 392 g/mol. The number of aryl methyl sites for hydroxylation is 2. The fraction of sp³-hybridized carbons (Fsp3) is 0.316. The summed E-state index contributed by atoms with van der Waals surface area (Å²) in [7, 11) is -3.63. The highest BCUT2D eigenvalue weighted by Gasteiger charge is 2.27. The minimum Gasteiger partial charge on any atom is -0.311 e. The minimum atomic E-state index is -3.63. The number of halogens is 1. The number of carbonyl (C=O) groups is 1. The van der Waals surface area contributed by atoms with Gasteiger partial charge >= 0.3 is 0 Å². The second kappa shape index (κ2) is 7.29. The number of para-hydroxylation sites is 1. The van der Waals surface area contributed by atoms with Gasteiger partial charge in [-0.05, 0) is 49.1 Å². The van der Waals surface area contributed by atoms with Crippen LogP contribution in [0.15, 0.2) is 42.5 Å². The van der Waals surface area contributed by atoms with E-state index in [2.05, 4.69) is 0 Å². The van der Waals surface area contributed by atoms with Gasteiger partial charge in [-0.15, -0.1) is 0 Å². The second-order valence-corrected chi connectivity index (χ2v) is 8.79. The van der Waals surface area contributed by atoms with E-state index < -0.39 is 10.0 Å². The average Bonchev–Trinajstić information content (AvgIpc) is 2.60. The molecule has 1 aliphatic rings. The van der Waals surface area contributed by atoms with Gasteiger partial charge in [-0.3, -0.25) is 9.10 Å². The van der Waals surface area contributed by atoms with Crippen molar-refractivity contribution in [3.8, 4) is 0 Å². The molecule has 26 heavy (non-hydrogen) atoms. The number of nitrogens with zero attached hydrogens (tertiary/aromatic N) is 2. The Morgan fingerprint density at radius 2 is 1.96 bits per heavy atom. The third-order valence-corrected chi connectivity index (χ3v) is 6.08. The SMILES string of the molecule is Cc1ccc(N(CC(=O)N2CCCc3ccccc32)S(C)(=O)=O)cc1Cl. The van der Waals surface area contributed by atoms with Crippen LogP contribution in [0.2, 0.25) is 5.02 Å². The highest BCUT2D eigenvalue weighted by Crippen LogP contribution is 2.28. The molecule has 0 fully saturated rings. The molecule has 0 saturated heterocycles. The Morgan fingerprint density at radius 1 is 1.23 bits per heavy atom. The molecule has 1 heterocycles. The van der Waals surface area contributed by atoms with Crippen molar-refractivity contribution in [2.24, 2.45) is 0 Å². The lowest BCUT2D eigenvalue weighted by atomic mass is 10.0. The van der Waals surface area contributed by atoms with Crippen LogP contribution >= 0.6 is 11.6 Å². The number of anilines is 2. The summed E-state index contributed by atoms with van der Waals surface area (Å²) < 4.78 is 25.7. The van der Waals surface area contributed by atoms with Crippen LogP contribution in [0.1, 0.15) is 17.5 Å². The fourth-order valence-corrected chi connectivity index (χ4v) is 4.15. The Labute approximate surface area is 159 Å². The van der Waals surface area contributed by atoms with Crippen molar-refractivity contribution >= 4 is 38.9 Å². The van der Waals surface area contributed by atoms with Gasteiger partial charge in [0.2, 0.25) is 15.9 Å². The Kier molecular flexibility index (Phi) is 5.25. The molecule has 0 unspecified atom stereocenters. The van der Waals surface area contributed by atoms with Gasteiger partial charge in [0.15, 0.2) is 0 Å². The van der Waals surface area contributed by atoms with Gasteiger partial charge in [0.25, 0.3) is 0 Å². The van der Waals surface area contributed by atoms with Gasteiger partial charge in [0.05, 0.1) is 11.9 Å². The lowest BCUT2D eigenvalue weighted by Gasteiger charge is -2.31. The van der Waals surface area contributed by atoms with Gasteiger partial charge in [-0.1, -0.05) is 35.9 Å². The fourth-order valence-electron chi connectivity index (χ4n) is 3.14. The minimum absolute atomic E-state index is 0.251. The molecule has 0 aliphatic carbocycles. The van der Waals surface area contributed by atoms with Crippen molar-refractivity contribution in [3.05, 3.63) is 58.6 Å². The maximum atomic E-state index is 12.9. The Balaban J connectivity index is 1.91. The van der Waals surface area contributed by atoms with Crippen LogP contribution in [0.4, 0.5) is 11.4 Å². The Bertz CT molecular complexity index is 944. The summed E-state index contributed by atoms with van der Waals surface area (Å²) in [6, 6.07) is 12.7. The molecule has 0 bridgehead atoms. The Morgan fingerprint density at radius 3 is 2.65 bits per heavy atom. The average molecular weight is 393 g/mol.